The minimum absolute atomic E-state index is 0.0444. The molecule has 1 atom stereocenters. The molecule has 2 heterocycles. The maximum absolute atomic E-state index is 12.1. The van der Waals surface area contributed by atoms with Crippen molar-refractivity contribution in [3.05, 3.63) is 18.0 Å². The molecule has 1 aromatic rings. The number of rotatable bonds is 2. The quantitative estimate of drug-likeness (QED) is 0.743. The van der Waals surface area contributed by atoms with Crippen molar-refractivity contribution in [1.82, 2.24) is 14.7 Å². The van der Waals surface area contributed by atoms with E-state index in [0.29, 0.717) is 12.2 Å². The highest BCUT2D eigenvalue weighted by atomic mass is 16.2. The van der Waals surface area contributed by atoms with E-state index in [1.54, 1.807) is 24.0 Å². The van der Waals surface area contributed by atoms with Gasteiger partial charge >= 0.3 is 0 Å². The molecule has 1 amide bonds. The predicted molar refractivity (Wildman–Crippen MR) is 56.3 cm³/mol. The fourth-order valence-corrected chi connectivity index (χ4v) is 2.08. The van der Waals surface area contributed by atoms with Crippen molar-refractivity contribution < 1.29 is 4.79 Å². The highest BCUT2D eigenvalue weighted by Gasteiger charge is 2.29. The highest BCUT2D eigenvalue weighted by Crippen LogP contribution is 2.18. The summed E-state index contributed by atoms with van der Waals surface area (Å²) < 4.78 is 1.61. The first-order chi connectivity index (χ1) is 7.24. The van der Waals surface area contributed by atoms with Gasteiger partial charge in [0.15, 0.2) is 0 Å². The van der Waals surface area contributed by atoms with E-state index in [2.05, 4.69) is 5.10 Å². The molecule has 0 aliphatic carbocycles. The molecule has 82 valence electrons. The third-order valence-corrected chi connectivity index (χ3v) is 2.95. The lowest BCUT2D eigenvalue weighted by molar-refractivity contribution is 0.0730. The molecule has 0 saturated carbocycles. The summed E-state index contributed by atoms with van der Waals surface area (Å²) in [5, 5.41) is 4.00. The molecule has 5 heteroatoms. The predicted octanol–water partition coefficient (Wildman–Crippen LogP) is -0.0166. The zero-order valence-corrected chi connectivity index (χ0v) is 8.89. The van der Waals surface area contributed by atoms with E-state index in [-0.39, 0.29) is 11.9 Å². The molecule has 1 aliphatic rings. The van der Waals surface area contributed by atoms with Gasteiger partial charge in [-0.2, -0.15) is 5.10 Å². The minimum atomic E-state index is 0.0444. The zero-order valence-electron chi connectivity index (χ0n) is 8.89. The van der Waals surface area contributed by atoms with Crippen molar-refractivity contribution >= 4 is 5.91 Å². The van der Waals surface area contributed by atoms with Crippen LogP contribution in [0, 0.1) is 0 Å². The lowest BCUT2D eigenvalue weighted by Crippen LogP contribution is -2.40. The van der Waals surface area contributed by atoms with Crippen LogP contribution in [0.3, 0.4) is 0 Å². The first-order valence-electron chi connectivity index (χ1n) is 5.23. The van der Waals surface area contributed by atoms with Crippen LogP contribution in [0.25, 0.3) is 0 Å². The first-order valence-corrected chi connectivity index (χ1v) is 5.23. The Morgan fingerprint density at radius 1 is 1.73 bits per heavy atom. The lowest BCUT2D eigenvalue weighted by atomic mass is 10.2. The molecule has 1 aromatic heterocycles. The third-order valence-electron chi connectivity index (χ3n) is 2.95. The second kappa shape index (κ2) is 4.02. The van der Waals surface area contributed by atoms with E-state index < -0.39 is 0 Å². The second-order valence-corrected chi connectivity index (χ2v) is 3.87. The smallest absolute Gasteiger partial charge is 0.272 e. The normalized spacial score (nSPS) is 20.9. The number of carbonyl (C=O) groups is 1. The number of hydrogen-bond donors (Lipinski definition) is 1. The van der Waals surface area contributed by atoms with Gasteiger partial charge in [0.25, 0.3) is 5.91 Å². The Morgan fingerprint density at radius 2 is 2.53 bits per heavy atom. The van der Waals surface area contributed by atoms with Gasteiger partial charge < -0.3 is 10.6 Å². The van der Waals surface area contributed by atoms with E-state index >= 15 is 0 Å². The molecular weight excluding hydrogens is 192 g/mol. The summed E-state index contributed by atoms with van der Waals surface area (Å²) in [5.74, 6) is 0.0444. The molecule has 0 spiro atoms. The third kappa shape index (κ3) is 1.74. The van der Waals surface area contributed by atoms with Gasteiger partial charge in [-0.3, -0.25) is 9.48 Å². The summed E-state index contributed by atoms with van der Waals surface area (Å²) >= 11 is 0. The summed E-state index contributed by atoms with van der Waals surface area (Å²) in [4.78, 5) is 14.0. The Morgan fingerprint density at radius 3 is 3.13 bits per heavy atom. The number of aromatic nitrogens is 2. The Kier molecular flexibility index (Phi) is 2.73. The molecule has 2 N–H and O–H groups in total. The van der Waals surface area contributed by atoms with Gasteiger partial charge in [0.05, 0.1) is 0 Å². The van der Waals surface area contributed by atoms with Crippen LogP contribution in [0.1, 0.15) is 23.3 Å². The molecule has 2 rings (SSSR count). The van der Waals surface area contributed by atoms with Crippen LogP contribution in [0.5, 0.6) is 0 Å². The fourth-order valence-electron chi connectivity index (χ4n) is 2.08. The number of carbonyl (C=O) groups excluding carboxylic acids is 1. The van der Waals surface area contributed by atoms with Crippen molar-refractivity contribution in [2.45, 2.75) is 18.9 Å². The second-order valence-electron chi connectivity index (χ2n) is 3.87. The summed E-state index contributed by atoms with van der Waals surface area (Å²) in [5.41, 5.74) is 6.27. The van der Waals surface area contributed by atoms with Crippen LogP contribution in [0.2, 0.25) is 0 Å². The number of hydrogen-bond acceptors (Lipinski definition) is 3. The van der Waals surface area contributed by atoms with E-state index in [1.165, 1.54) is 0 Å². The van der Waals surface area contributed by atoms with Crippen LogP contribution in [0.4, 0.5) is 0 Å². The molecule has 1 aliphatic heterocycles. The summed E-state index contributed by atoms with van der Waals surface area (Å²) in [6.45, 7) is 1.36. The standard InChI is InChI=1S/C10H16N4O/c1-13-9(4-5-12-13)10(15)14-6-2-3-8(14)7-11/h4-5,8H,2-3,6-7,11H2,1H3. The molecule has 0 bridgehead atoms. The van der Waals surface area contributed by atoms with Gasteiger partial charge in [-0.1, -0.05) is 0 Å². The van der Waals surface area contributed by atoms with Gasteiger partial charge in [-0.15, -0.1) is 0 Å². The molecule has 0 radical (unpaired) electrons. The van der Waals surface area contributed by atoms with Crippen molar-refractivity contribution in [3.8, 4) is 0 Å². The Balaban J connectivity index is 2.18. The molecule has 1 fully saturated rings. The Hall–Kier alpha value is -1.36. The van der Waals surface area contributed by atoms with Crippen LogP contribution in [-0.4, -0.2) is 39.7 Å². The summed E-state index contributed by atoms with van der Waals surface area (Å²) in [7, 11) is 1.78. The maximum atomic E-state index is 12.1. The van der Waals surface area contributed by atoms with Crippen molar-refractivity contribution in [3.63, 3.8) is 0 Å². The average molecular weight is 208 g/mol. The van der Waals surface area contributed by atoms with E-state index in [1.807, 2.05) is 4.90 Å². The molecular formula is C10H16N4O. The van der Waals surface area contributed by atoms with Crippen LogP contribution < -0.4 is 5.73 Å². The van der Waals surface area contributed by atoms with Gasteiger partial charge in [0, 0.05) is 32.4 Å². The molecule has 15 heavy (non-hydrogen) atoms. The number of aryl methyl sites for hydroxylation is 1. The molecule has 1 saturated heterocycles. The van der Waals surface area contributed by atoms with Gasteiger partial charge in [-0.25, -0.2) is 0 Å². The number of nitrogens with two attached hydrogens (primary N) is 1. The highest BCUT2D eigenvalue weighted by molar-refractivity contribution is 5.92. The van der Waals surface area contributed by atoms with Crippen LogP contribution in [-0.2, 0) is 7.05 Å². The van der Waals surface area contributed by atoms with E-state index in [4.69, 9.17) is 5.73 Å². The van der Waals surface area contributed by atoms with Crippen LogP contribution >= 0.6 is 0 Å². The number of nitrogens with zero attached hydrogens (tertiary/aromatic N) is 3. The van der Waals surface area contributed by atoms with Crippen molar-refractivity contribution in [2.24, 2.45) is 12.8 Å². The van der Waals surface area contributed by atoms with Gasteiger partial charge in [0.2, 0.25) is 0 Å². The monoisotopic (exact) mass is 208 g/mol. The number of likely N-dealkylation sites (tertiary alicyclic amines) is 1. The van der Waals surface area contributed by atoms with Gasteiger partial charge in [-0.05, 0) is 18.9 Å². The summed E-state index contributed by atoms with van der Waals surface area (Å²) in [6, 6.07) is 1.95. The largest absolute Gasteiger partial charge is 0.333 e. The minimum Gasteiger partial charge on any atom is -0.333 e. The first kappa shape index (κ1) is 10.2. The van der Waals surface area contributed by atoms with E-state index in [0.717, 1.165) is 19.4 Å². The summed E-state index contributed by atoms with van der Waals surface area (Å²) in [6.07, 6.45) is 3.70. The Bertz CT molecular complexity index is 360. The van der Waals surface area contributed by atoms with Crippen molar-refractivity contribution in [2.75, 3.05) is 13.1 Å². The maximum Gasteiger partial charge on any atom is 0.272 e. The lowest BCUT2D eigenvalue weighted by Gasteiger charge is -2.23. The molecule has 1 unspecified atom stereocenters. The molecule has 5 nitrogen and oxygen atoms in total. The topological polar surface area (TPSA) is 64.2 Å². The Labute approximate surface area is 88.8 Å². The average Bonchev–Trinajstić information content (AvgIpc) is 2.84. The number of amides is 1. The van der Waals surface area contributed by atoms with Crippen molar-refractivity contribution in [1.29, 1.82) is 0 Å². The van der Waals surface area contributed by atoms with E-state index in [9.17, 15) is 4.79 Å². The van der Waals surface area contributed by atoms with Gasteiger partial charge in [0.1, 0.15) is 5.69 Å². The van der Waals surface area contributed by atoms with Crippen LogP contribution in [0.15, 0.2) is 12.3 Å². The molecule has 0 aromatic carbocycles. The zero-order chi connectivity index (χ0) is 10.8. The SMILES string of the molecule is Cn1nccc1C(=O)N1CCCC1CN. The fraction of sp³-hybridized carbons (Fsp3) is 0.600.